The van der Waals surface area contributed by atoms with Gasteiger partial charge in [0, 0.05) is 12.7 Å². The highest BCUT2D eigenvalue weighted by molar-refractivity contribution is 7.92. The summed E-state index contributed by atoms with van der Waals surface area (Å²) in [5, 5.41) is 5.25. The van der Waals surface area contributed by atoms with E-state index in [1.165, 1.54) is 14.2 Å². The maximum Gasteiger partial charge on any atom is 0.337 e. The zero-order chi connectivity index (χ0) is 27.4. The molecule has 0 saturated heterocycles. The minimum atomic E-state index is -3.72. The molecule has 0 spiro atoms. The van der Waals surface area contributed by atoms with Gasteiger partial charge in [0.05, 0.1) is 36.0 Å². The van der Waals surface area contributed by atoms with Crippen LogP contribution in [-0.4, -0.2) is 58.9 Å². The molecule has 10 nitrogen and oxygen atoms in total. The van der Waals surface area contributed by atoms with Crippen molar-refractivity contribution >= 4 is 50.6 Å². The summed E-state index contributed by atoms with van der Waals surface area (Å²) in [5.41, 5.74) is 3.46. The van der Waals surface area contributed by atoms with Gasteiger partial charge < -0.3 is 15.4 Å². The van der Waals surface area contributed by atoms with Gasteiger partial charge in [0.25, 0.3) is 0 Å². The highest BCUT2D eigenvalue weighted by Gasteiger charge is 2.36. The molecular formula is C27H26N4O6S. The SMILES string of the molecule is CNC(=O)CN(c1ccc(N=C(c2ccccc2)C2C(=O)Nc3cc(C(=O)OC)ccc32)cc1)S(C)(=O)=O. The molecule has 3 aromatic carbocycles. The van der Waals surface area contributed by atoms with Crippen LogP contribution in [0.15, 0.2) is 77.8 Å². The van der Waals surface area contributed by atoms with Crippen molar-refractivity contribution in [2.45, 2.75) is 5.92 Å². The minimum absolute atomic E-state index is 0.296. The highest BCUT2D eigenvalue weighted by atomic mass is 32.2. The van der Waals surface area contributed by atoms with E-state index in [1.807, 2.05) is 30.3 Å². The second-order valence-corrected chi connectivity index (χ2v) is 10.4. The molecule has 0 aliphatic carbocycles. The van der Waals surface area contributed by atoms with Crippen LogP contribution in [0.1, 0.15) is 27.4 Å². The number of methoxy groups -OCH3 is 1. The lowest BCUT2D eigenvalue weighted by molar-refractivity contribution is -0.119. The van der Waals surface area contributed by atoms with Crippen molar-refractivity contribution in [2.75, 3.05) is 36.6 Å². The smallest absolute Gasteiger partial charge is 0.337 e. The number of benzene rings is 3. The molecule has 38 heavy (non-hydrogen) atoms. The Morgan fingerprint density at radius 2 is 1.71 bits per heavy atom. The molecule has 0 bridgehead atoms. The molecule has 2 N–H and O–H groups in total. The van der Waals surface area contributed by atoms with Crippen molar-refractivity contribution in [3.8, 4) is 0 Å². The van der Waals surface area contributed by atoms with Crippen molar-refractivity contribution in [3.63, 3.8) is 0 Å². The van der Waals surface area contributed by atoms with Crippen molar-refractivity contribution in [1.29, 1.82) is 0 Å². The second kappa shape index (κ2) is 10.9. The molecule has 0 radical (unpaired) electrons. The lowest BCUT2D eigenvalue weighted by Gasteiger charge is -2.21. The fraction of sp³-hybridized carbons (Fsp3) is 0.185. The number of carbonyl (C=O) groups excluding carboxylic acids is 3. The number of nitrogens with one attached hydrogen (secondary N) is 2. The monoisotopic (exact) mass is 534 g/mol. The lowest BCUT2D eigenvalue weighted by atomic mass is 9.90. The number of amides is 2. The molecule has 3 aromatic rings. The van der Waals surface area contributed by atoms with Gasteiger partial charge in [0.15, 0.2) is 0 Å². The van der Waals surface area contributed by atoms with Gasteiger partial charge in [0.2, 0.25) is 21.8 Å². The topological polar surface area (TPSA) is 134 Å². The molecule has 4 rings (SSSR count). The normalized spacial score (nSPS) is 14.9. The molecule has 196 valence electrons. The molecule has 1 atom stereocenters. The number of ether oxygens (including phenoxy) is 1. The average Bonchev–Trinajstić information content (AvgIpc) is 3.24. The van der Waals surface area contributed by atoms with Crippen molar-refractivity contribution < 1.29 is 27.5 Å². The van der Waals surface area contributed by atoms with Crippen LogP contribution < -0.4 is 14.9 Å². The van der Waals surface area contributed by atoms with E-state index in [1.54, 1.807) is 42.5 Å². The molecule has 0 saturated carbocycles. The van der Waals surface area contributed by atoms with Crippen LogP contribution >= 0.6 is 0 Å². The standard InChI is InChI=1S/C27H26N4O6S/c1-28-23(32)16-31(38(3,35)36)20-12-10-19(11-13-20)29-25(17-7-5-4-6-8-17)24-21-14-9-18(27(34)37-2)15-22(21)30-26(24)33/h4-15,24H,16H2,1-3H3,(H,28,32)(H,30,33). The first-order valence-electron chi connectivity index (χ1n) is 11.6. The number of anilines is 2. The number of sulfonamides is 1. The molecule has 1 unspecified atom stereocenters. The number of likely N-dealkylation sites (N-methyl/N-ethyl adjacent to an activating group) is 1. The summed E-state index contributed by atoms with van der Waals surface area (Å²) in [5.74, 6) is -2.01. The van der Waals surface area contributed by atoms with Crippen LogP contribution in [0.2, 0.25) is 0 Å². The average molecular weight is 535 g/mol. The third-order valence-electron chi connectivity index (χ3n) is 6.00. The molecule has 0 aromatic heterocycles. The Balaban J connectivity index is 1.76. The Morgan fingerprint density at radius 1 is 1.03 bits per heavy atom. The van der Waals surface area contributed by atoms with Gasteiger partial charge in [0.1, 0.15) is 12.5 Å². The van der Waals surface area contributed by atoms with Crippen molar-refractivity contribution in [3.05, 3.63) is 89.5 Å². The summed E-state index contributed by atoms with van der Waals surface area (Å²) in [6.07, 6.45) is 1.03. The zero-order valence-electron chi connectivity index (χ0n) is 21.0. The number of hydrogen-bond donors (Lipinski definition) is 2. The van der Waals surface area contributed by atoms with Gasteiger partial charge in [-0.1, -0.05) is 36.4 Å². The van der Waals surface area contributed by atoms with Crippen LogP contribution in [0, 0.1) is 0 Å². The Kier molecular flexibility index (Phi) is 7.58. The van der Waals surface area contributed by atoms with E-state index < -0.39 is 27.8 Å². The Labute approximate surface area is 220 Å². The number of rotatable bonds is 8. The summed E-state index contributed by atoms with van der Waals surface area (Å²) in [6, 6.07) is 20.4. The highest BCUT2D eigenvalue weighted by Crippen LogP contribution is 2.37. The van der Waals surface area contributed by atoms with Gasteiger partial charge in [-0.15, -0.1) is 0 Å². The third-order valence-corrected chi connectivity index (χ3v) is 7.14. The number of fused-ring (bicyclic) bond motifs is 1. The predicted octanol–water partition coefficient (Wildman–Crippen LogP) is 2.84. The minimum Gasteiger partial charge on any atom is -0.465 e. The molecule has 2 amide bonds. The molecule has 0 fully saturated rings. The number of carbonyl (C=O) groups is 3. The first-order valence-corrected chi connectivity index (χ1v) is 13.4. The molecule has 11 heteroatoms. The van der Waals surface area contributed by atoms with Crippen LogP contribution in [-0.2, 0) is 24.3 Å². The van der Waals surface area contributed by atoms with Gasteiger partial charge in [-0.05, 0) is 47.5 Å². The number of nitrogens with zero attached hydrogens (tertiary/aromatic N) is 2. The quantitative estimate of drug-likeness (QED) is 0.337. The summed E-state index contributed by atoms with van der Waals surface area (Å²) in [4.78, 5) is 41.8. The van der Waals surface area contributed by atoms with E-state index in [0.29, 0.717) is 33.9 Å². The maximum atomic E-state index is 13.2. The van der Waals surface area contributed by atoms with Crippen LogP contribution in [0.3, 0.4) is 0 Å². The summed E-state index contributed by atoms with van der Waals surface area (Å²) in [7, 11) is -0.999. The largest absolute Gasteiger partial charge is 0.465 e. The lowest BCUT2D eigenvalue weighted by Crippen LogP contribution is -2.39. The summed E-state index contributed by atoms with van der Waals surface area (Å²) >= 11 is 0. The van der Waals surface area contributed by atoms with Gasteiger partial charge >= 0.3 is 5.97 Å². The Hall–Kier alpha value is -4.51. The van der Waals surface area contributed by atoms with E-state index in [0.717, 1.165) is 16.1 Å². The first kappa shape index (κ1) is 26.6. The zero-order valence-corrected chi connectivity index (χ0v) is 21.8. The van der Waals surface area contributed by atoms with Crippen LogP contribution in [0.5, 0.6) is 0 Å². The van der Waals surface area contributed by atoms with Crippen molar-refractivity contribution in [1.82, 2.24) is 5.32 Å². The number of aliphatic imine (C=N–C) groups is 1. The Morgan fingerprint density at radius 3 is 2.32 bits per heavy atom. The van der Waals surface area contributed by atoms with Crippen molar-refractivity contribution in [2.24, 2.45) is 4.99 Å². The summed E-state index contributed by atoms with van der Waals surface area (Å²) in [6.45, 7) is -0.361. The number of esters is 1. The fourth-order valence-corrected chi connectivity index (χ4v) is 4.98. The van der Waals surface area contributed by atoms with Gasteiger partial charge in [-0.25, -0.2) is 13.2 Å². The fourth-order valence-electron chi connectivity index (χ4n) is 4.13. The maximum absolute atomic E-state index is 13.2. The van der Waals surface area contributed by atoms with E-state index in [4.69, 9.17) is 9.73 Å². The summed E-state index contributed by atoms with van der Waals surface area (Å²) < 4.78 is 30.4. The van der Waals surface area contributed by atoms with E-state index in [2.05, 4.69) is 10.6 Å². The van der Waals surface area contributed by atoms with E-state index in [9.17, 15) is 22.8 Å². The van der Waals surface area contributed by atoms with Crippen LogP contribution in [0.25, 0.3) is 0 Å². The first-order chi connectivity index (χ1) is 18.1. The van der Waals surface area contributed by atoms with E-state index >= 15 is 0 Å². The predicted molar refractivity (Wildman–Crippen MR) is 144 cm³/mol. The Bertz CT molecular complexity index is 1520. The van der Waals surface area contributed by atoms with Gasteiger partial charge in [-0.3, -0.25) is 18.9 Å². The second-order valence-electron chi connectivity index (χ2n) is 8.54. The molecular weight excluding hydrogens is 508 g/mol. The van der Waals surface area contributed by atoms with E-state index in [-0.39, 0.29) is 12.5 Å². The van der Waals surface area contributed by atoms with Crippen LogP contribution in [0.4, 0.5) is 17.1 Å². The molecule has 1 aliphatic heterocycles. The number of hydrogen-bond acceptors (Lipinski definition) is 7. The third kappa shape index (κ3) is 5.57. The van der Waals surface area contributed by atoms with Gasteiger partial charge in [-0.2, -0.15) is 0 Å². The molecule has 1 heterocycles. The molecule has 1 aliphatic rings.